The van der Waals surface area contributed by atoms with Gasteiger partial charge in [-0.2, -0.15) is 0 Å². The third-order valence-corrected chi connectivity index (χ3v) is 3.73. The molecule has 0 spiro atoms. The lowest BCUT2D eigenvalue weighted by atomic mass is 9.96. The Hall–Kier alpha value is -0.570. The highest BCUT2D eigenvalue weighted by Crippen LogP contribution is 2.20. The first kappa shape index (κ1) is 13.5. The predicted octanol–water partition coefficient (Wildman–Crippen LogP) is 1.90. The van der Waals surface area contributed by atoms with E-state index < -0.39 is 0 Å². The van der Waals surface area contributed by atoms with Crippen LogP contribution in [0.4, 0.5) is 0 Å². The Kier molecular flexibility index (Phi) is 5.26. The molecule has 0 radical (unpaired) electrons. The van der Waals surface area contributed by atoms with E-state index in [9.17, 15) is 9.90 Å². The van der Waals surface area contributed by atoms with Crippen molar-refractivity contribution in [3.63, 3.8) is 0 Å². The Bertz CT molecular complexity index is 228. The van der Waals surface area contributed by atoms with E-state index in [2.05, 4.69) is 20.8 Å². The van der Waals surface area contributed by atoms with Crippen LogP contribution in [0.15, 0.2) is 0 Å². The zero-order valence-corrected chi connectivity index (χ0v) is 10.8. The molecule has 94 valence electrons. The molecular formula is C13H25NO2. The topological polar surface area (TPSA) is 40.5 Å². The Morgan fingerprint density at radius 3 is 2.69 bits per heavy atom. The van der Waals surface area contributed by atoms with Gasteiger partial charge in [0, 0.05) is 32.0 Å². The number of hydrogen-bond acceptors (Lipinski definition) is 2. The van der Waals surface area contributed by atoms with Crippen LogP contribution in [-0.4, -0.2) is 35.6 Å². The summed E-state index contributed by atoms with van der Waals surface area (Å²) in [7, 11) is 0. The first-order chi connectivity index (χ1) is 7.54. The van der Waals surface area contributed by atoms with Gasteiger partial charge in [-0.05, 0) is 24.7 Å². The second-order valence-electron chi connectivity index (χ2n) is 5.46. The molecule has 1 fully saturated rings. The molecule has 2 atom stereocenters. The molecule has 16 heavy (non-hydrogen) atoms. The van der Waals surface area contributed by atoms with Gasteiger partial charge in [-0.25, -0.2) is 0 Å². The molecule has 1 aliphatic heterocycles. The van der Waals surface area contributed by atoms with Crippen molar-refractivity contribution in [3.8, 4) is 0 Å². The van der Waals surface area contributed by atoms with Gasteiger partial charge in [0.1, 0.15) is 0 Å². The van der Waals surface area contributed by atoms with E-state index in [0.717, 1.165) is 25.9 Å². The van der Waals surface area contributed by atoms with Crippen LogP contribution in [0.3, 0.4) is 0 Å². The molecule has 0 saturated carbocycles. The van der Waals surface area contributed by atoms with Gasteiger partial charge in [0.2, 0.25) is 5.91 Å². The van der Waals surface area contributed by atoms with Gasteiger partial charge in [-0.3, -0.25) is 4.79 Å². The molecule has 0 unspecified atom stereocenters. The fourth-order valence-electron chi connectivity index (χ4n) is 2.13. The van der Waals surface area contributed by atoms with Crippen LogP contribution in [0.2, 0.25) is 0 Å². The average molecular weight is 227 g/mol. The number of carbonyl (C=O) groups is 1. The number of amides is 1. The summed E-state index contributed by atoms with van der Waals surface area (Å²) >= 11 is 0. The maximum Gasteiger partial charge on any atom is 0.222 e. The Labute approximate surface area is 98.8 Å². The number of rotatable bonds is 4. The maximum absolute atomic E-state index is 11.9. The molecule has 0 bridgehead atoms. The lowest BCUT2D eigenvalue weighted by Crippen LogP contribution is -2.37. The molecule has 1 amide bonds. The Balaban J connectivity index is 2.53. The number of aliphatic hydroxyl groups excluding tert-OH is 1. The highest BCUT2D eigenvalue weighted by atomic mass is 16.3. The van der Waals surface area contributed by atoms with Gasteiger partial charge in [0.05, 0.1) is 0 Å². The van der Waals surface area contributed by atoms with E-state index in [1.54, 1.807) is 0 Å². The number of aliphatic hydroxyl groups is 1. The third-order valence-electron chi connectivity index (χ3n) is 3.73. The van der Waals surface area contributed by atoms with E-state index in [1.165, 1.54) is 0 Å². The molecule has 3 nitrogen and oxygen atoms in total. The molecule has 0 aromatic carbocycles. The lowest BCUT2D eigenvalue weighted by molar-refractivity contribution is -0.131. The van der Waals surface area contributed by atoms with Crippen LogP contribution >= 0.6 is 0 Å². The summed E-state index contributed by atoms with van der Waals surface area (Å²) in [5, 5.41) is 9.30. The molecule has 1 rings (SSSR count). The normalized spacial score (nSPS) is 24.7. The summed E-state index contributed by atoms with van der Waals surface area (Å²) < 4.78 is 0. The van der Waals surface area contributed by atoms with E-state index in [1.807, 2.05) is 4.90 Å². The average Bonchev–Trinajstić information content (AvgIpc) is 2.39. The fraction of sp³-hybridized carbons (Fsp3) is 0.923. The van der Waals surface area contributed by atoms with Crippen LogP contribution in [0.1, 0.15) is 40.0 Å². The largest absolute Gasteiger partial charge is 0.396 e. The maximum atomic E-state index is 11.9. The van der Waals surface area contributed by atoms with Gasteiger partial charge in [0.25, 0.3) is 0 Å². The molecular weight excluding hydrogens is 202 g/mol. The van der Waals surface area contributed by atoms with Crippen molar-refractivity contribution in [2.24, 2.45) is 17.8 Å². The molecule has 0 aromatic rings. The van der Waals surface area contributed by atoms with Gasteiger partial charge in [-0.1, -0.05) is 20.8 Å². The van der Waals surface area contributed by atoms with Crippen LogP contribution < -0.4 is 0 Å². The van der Waals surface area contributed by atoms with Gasteiger partial charge >= 0.3 is 0 Å². The van der Waals surface area contributed by atoms with Crippen LogP contribution in [0, 0.1) is 17.8 Å². The highest BCUT2D eigenvalue weighted by Gasteiger charge is 2.23. The van der Waals surface area contributed by atoms with Crippen LogP contribution in [-0.2, 0) is 4.79 Å². The summed E-state index contributed by atoms with van der Waals surface area (Å²) in [6.45, 7) is 8.18. The summed E-state index contributed by atoms with van der Waals surface area (Å²) in [5.74, 6) is 1.57. The molecule has 1 aliphatic rings. The first-order valence-corrected chi connectivity index (χ1v) is 6.43. The van der Waals surface area contributed by atoms with Crippen molar-refractivity contribution in [1.82, 2.24) is 4.90 Å². The number of hydrogen-bond donors (Lipinski definition) is 1. The molecule has 0 aromatic heterocycles. The zero-order chi connectivity index (χ0) is 12.1. The quantitative estimate of drug-likeness (QED) is 0.797. The monoisotopic (exact) mass is 227 g/mol. The van der Waals surface area contributed by atoms with Gasteiger partial charge in [0.15, 0.2) is 0 Å². The molecule has 1 N–H and O–H groups in total. The van der Waals surface area contributed by atoms with E-state index in [-0.39, 0.29) is 18.4 Å². The molecule has 3 heteroatoms. The Morgan fingerprint density at radius 1 is 1.44 bits per heavy atom. The van der Waals surface area contributed by atoms with Crippen molar-refractivity contribution in [1.29, 1.82) is 0 Å². The number of likely N-dealkylation sites (tertiary alicyclic amines) is 1. The third kappa shape index (κ3) is 3.78. The second kappa shape index (κ2) is 6.24. The first-order valence-electron chi connectivity index (χ1n) is 6.43. The SMILES string of the molecule is CC(C)[C@@H](CO)CN1CC[C@H](C)CCC1=O. The van der Waals surface area contributed by atoms with Crippen molar-refractivity contribution in [2.45, 2.75) is 40.0 Å². The minimum Gasteiger partial charge on any atom is -0.396 e. The van der Waals surface area contributed by atoms with Gasteiger partial charge in [-0.15, -0.1) is 0 Å². The molecule has 0 aliphatic carbocycles. The van der Waals surface area contributed by atoms with E-state index >= 15 is 0 Å². The predicted molar refractivity (Wildman–Crippen MR) is 65.0 cm³/mol. The summed E-state index contributed by atoms with van der Waals surface area (Å²) in [4.78, 5) is 13.8. The zero-order valence-electron chi connectivity index (χ0n) is 10.8. The number of nitrogens with zero attached hydrogens (tertiary/aromatic N) is 1. The summed E-state index contributed by atoms with van der Waals surface area (Å²) in [6.07, 6.45) is 2.79. The van der Waals surface area contributed by atoms with E-state index in [0.29, 0.717) is 18.3 Å². The lowest BCUT2D eigenvalue weighted by Gasteiger charge is -2.27. The van der Waals surface area contributed by atoms with Crippen molar-refractivity contribution in [3.05, 3.63) is 0 Å². The summed E-state index contributed by atoms with van der Waals surface area (Å²) in [5.41, 5.74) is 0. The second-order valence-corrected chi connectivity index (χ2v) is 5.46. The van der Waals surface area contributed by atoms with Crippen molar-refractivity contribution < 1.29 is 9.90 Å². The van der Waals surface area contributed by atoms with E-state index in [4.69, 9.17) is 0 Å². The van der Waals surface area contributed by atoms with Crippen LogP contribution in [0.25, 0.3) is 0 Å². The number of carbonyl (C=O) groups excluding carboxylic acids is 1. The fourth-order valence-corrected chi connectivity index (χ4v) is 2.13. The smallest absolute Gasteiger partial charge is 0.222 e. The van der Waals surface area contributed by atoms with Gasteiger partial charge < -0.3 is 10.0 Å². The summed E-state index contributed by atoms with van der Waals surface area (Å²) in [6, 6.07) is 0. The van der Waals surface area contributed by atoms with Crippen molar-refractivity contribution >= 4 is 5.91 Å². The molecule has 1 saturated heterocycles. The minimum atomic E-state index is 0.178. The van der Waals surface area contributed by atoms with Crippen LogP contribution in [0.5, 0.6) is 0 Å². The van der Waals surface area contributed by atoms with Crippen molar-refractivity contribution in [2.75, 3.05) is 19.7 Å². The standard InChI is InChI=1S/C13H25NO2/c1-10(2)12(9-15)8-14-7-6-11(3)4-5-13(14)16/h10-12,15H,4-9H2,1-3H3/t11-,12-/m1/s1. The highest BCUT2D eigenvalue weighted by molar-refractivity contribution is 5.76. The Morgan fingerprint density at radius 2 is 2.12 bits per heavy atom. The molecule has 1 heterocycles. The minimum absolute atomic E-state index is 0.178.